The number of tetrazole rings is 1. The molecule has 0 radical (unpaired) electrons. The van der Waals surface area contributed by atoms with Gasteiger partial charge in [-0.1, -0.05) is 31.4 Å². The minimum Gasteiger partial charge on any atom is -0.466 e. The van der Waals surface area contributed by atoms with Gasteiger partial charge in [-0.05, 0) is 73.0 Å². The number of likely N-dealkylation sites (tertiary alicyclic amines) is 1. The Balaban J connectivity index is 1.54. The number of aromatic amines is 1. The van der Waals surface area contributed by atoms with E-state index in [0.717, 1.165) is 42.1 Å². The van der Waals surface area contributed by atoms with Crippen molar-refractivity contribution in [1.29, 1.82) is 0 Å². The minimum absolute atomic E-state index is 0.112. The molecule has 0 bridgehead atoms. The summed E-state index contributed by atoms with van der Waals surface area (Å²) in [6.07, 6.45) is 7.02. The summed E-state index contributed by atoms with van der Waals surface area (Å²) in [5, 5.41) is 13.9. The largest absolute Gasteiger partial charge is 0.466 e. The number of ether oxygens (including phenoxy) is 1. The summed E-state index contributed by atoms with van der Waals surface area (Å²) in [5.41, 5.74) is 2.44. The molecule has 3 aromatic rings. The van der Waals surface area contributed by atoms with Crippen LogP contribution in [0.25, 0.3) is 10.9 Å². The van der Waals surface area contributed by atoms with E-state index >= 15 is 0 Å². The number of piperidine rings is 1. The third-order valence-electron chi connectivity index (χ3n) is 7.52. The van der Waals surface area contributed by atoms with Crippen LogP contribution < -0.4 is 5.56 Å². The molecule has 35 heavy (non-hydrogen) atoms. The number of benzene rings is 1. The molecule has 5 rings (SSSR count). The van der Waals surface area contributed by atoms with Gasteiger partial charge >= 0.3 is 5.97 Å². The molecule has 0 spiro atoms. The Labute approximate surface area is 204 Å². The fraction of sp³-hybridized carbons (Fsp3) is 0.577. The smallest absolute Gasteiger partial charge is 0.309 e. The summed E-state index contributed by atoms with van der Waals surface area (Å²) in [6, 6.07) is 7.93. The van der Waals surface area contributed by atoms with Gasteiger partial charge in [0, 0.05) is 24.2 Å². The molecule has 9 heteroatoms. The van der Waals surface area contributed by atoms with Crippen LogP contribution in [0.15, 0.2) is 29.1 Å². The van der Waals surface area contributed by atoms with E-state index in [1.807, 2.05) is 36.7 Å². The normalized spacial score (nSPS) is 19.1. The Morgan fingerprint density at radius 2 is 1.91 bits per heavy atom. The molecule has 186 valence electrons. The summed E-state index contributed by atoms with van der Waals surface area (Å²) in [6.45, 7) is 5.57. The van der Waals surface area contributed by atoms with Crippen LogP contribution in [0.4, 0.5) is 0 Å². The predicted octanol–water partition coefficient (Wildman–Crippen LogP) is 3.69. The molecule has 9 nitrogen and oxygen atoms in total. The fourth-order valence-electron chi connectivity index (χ4n) is 5.65. The summed E-state index contributed by atoms with van der Waals surface area (Å²) in [5.74, 6) is 0.470. The first kappa shape index (κ1) is 23.7. The number of nitrogens with zero attached hydrogens (tertiary/aromatic N) is 5. The van der Waals surface area contributed by atoms with E-state index in [-0.39, 0.29) is 29.5 Å². The van der Waals surface area contributed by atoms with Crippen molar-refractivity contribution in [1.82, 2.24) is 30.1 Å². The number of pyridine rings is 1. The molecule has 1 N–H and O–H groups in total. The average molecular weight is 479 g/mol. The molecular formula is C26H34N6O3. The van der Waals surface area contributed by atoms with E-state index in [2.05, 4.69) is 31.5 Å². The number of aryl methyl sites for hydroxylation is 1. The van der Waals surface area contributed by atoms with Crippen LogP contribution in [0.2, 0.25) is 0 Å². The van der Waals surface area contributed by atoms with Crippen molar-refractivity contribution < 1.29 is 9.53 Å². The van der Waals surface area contributed by atoms with Gasteiger partial charge in [0.2, 0.25) is 0 Å². The molecule has 2 aliphatic rings. The fourth-order valence-corrected chi connectivity index (χ4v) is 5.65. The van der Waals surface area contributed by atoms with Crippen LogP contribution in [-0.4, -0.2) is 55.8 Å². The van der Waals surface area contributed by atoms with Gasteiger partial charge in [0.25, 0.3) is 5.56 Å². The number of hydrogen-bond donors (Lipinski definition) is 1. The molecule has 2 fully saturated rings. The Kier molecular flexibility index (Phi) is 6.95. The molecule has 1 aliphatic heterocycles. The van der Waals surface area contributed by atoms with E-state index < -0.39 is 0 Å². The van der Waals surface area contributed by atoms with Crippen molar-refractivity contribution in [3.8, 4) is 0 Å². The lowest BCUT2D eigenvalue weighted by Gasteiger charge is -2.36. The Morgan fingerprint density at radius 1 is 1.14 bits per heavy atom. The van der Waals surface area contributed by atoms with Crippen LogP contribution in [-0.2, 0) is 9.53 Å². The summed E-state index contributed by atoms with van der Waals surface area (Å²) < 4.78 is 7.22. The second-order valence-electron chi connectivity index (χ2n) is 9.88. The molecule has 1 atom stereocenters. The van der Waals surface area contributed by atoms with E-state index in [1.54, 1.807) is 0 Å². The van der Waals surface area contributed by atoms with Crippen LogP contribution in [0.3, 0.4) is 0 Å². The van der Waals surface area contributed by atoms with Crippen molar-refractivity contribution in [2.75, 3.05) is 19.7 Å². The van der Waals surface area contributed by atoms with E-state index in [1.165, 1.54) is 6.42 Å². The second-order valence-corrected chi connectivity index (χ2v) is 9.88. The number of carbonyl (C=O) groups is 1. The topological polar surface area (TPSA) is 106 Å². The maximum Gasteiger partial charge on any atom is 0.309 e. The van der Waals surface area contributed by atoms with Gasteiger partial charge in [-0.25, -0.2) is 4.68 Å². The zero-order valence-corrected chi connectivity index (χ0v) is 20.6. The Morgan fingerprint density at radius 3 is 2.66 bits per heavy atom. The van der Waals surface area contributed by atoms with E-state index in [0.29, 0.717) is 43.9 Å². The van der Waals surface area contributed by atoms with E-state index in [4.69, 9.17) is 4.74 Å². The zero-order valence-electron chi connectivity index (χ0n) is 20.6. The number of esters is 1. The van der Waals surface area contributed by atoms with Crippen molar-refractivity contribution in [3.63, 3.8) is 0 Å². The lowest BCUT2D eigenvalue weighted by Crippen LogP contribution is -2.42. The second kappa shape index (κ2) is 10.3. The highest BCUT2D eigenvalue weighted by atomic mass is 16.5. The van der Waals surface area contributed by atoms with Crippen LogP contribution in [0, 0.1) is 12.8 Å². The predicted molar refractivity (Wildman–Crippen MR) is 132 cm³/mol. The SMILES string of the molecule is CCOC(=O)C1CCN([C@H](c2cc3ccc(C)cc3[nH]c2=O)c2nnnn2C2CCCCC2)CC1. The molecular weight excluding hydrogens is 444 g/mol. The van der Waals surface area contributed by atoms with Crippen molar-refractivity contribution in [2.24, 2.45) is 5.92 Å². The zero-order chi connectivity index (χ0) is 24.4. The highest BCUT2D eigenvalue weighted by molar-refractivity contribution is 5.79. The molecule has 1 aromatic carbocycles. The maximum absolute atomic E-state index is 13.4. The standard InChI is InChI=1S/C26H34N6O3/c1-3-35-26(34)18-11-13-31(14-12-18)23(24-28-29-30-32(24)20-7-5-4-6-8-20)21-16-19-10-9-17(2)15-22(19)27-25(21)33/h9-10,15-16,18,20,23H,3-8,11-14H2,1-2H3,(H,27,33)/t23-/m1/s1. The van der Waals surface area contributed by atoms with Crippen LogP contribution >= 0.6 is 0 Å². The van der Waals surface area contributed by atoms with Gasteiger partial charge in [-0.2, -0.15) is 0 Å². The molecule has 0 unspecified atom stereocenters. The minimum atomic E-state index is -0.385. The molecule has 1 saturated heterocycles. The lowest BCUT2D eigenvalue weighted by atomic mass is 9.93. The Bertz CT molecular complexity index is 1240. The van der Waals surface area contributed by atoms with Crippen molar-refractivity contribution >= 4 is 16.9 Å². The molecule has 0 amide bonds. The molecule has 3 heterocycles. The first-order valence-corrected chi connectivity index (χ1v) is 12.9. The average Bonchev–Trinajstić information content (AvgIpc) is 3.35. The van der Waals surface area contributed by atoms with Crippen LogP contribution in [0.1, 0.15) is 80.9 Å². The van der Waals surface area contributed by atoms with E-state index in [9.17, 15) is 9.59 Å². The lowest BCUT2D eigenvalue weighted by molar-refractivity contribution is -0.149. The number of nitrogens with one attached hydrogen (secondary N) is 1. The number of rotatable bonds is 6. The number of carbonyl (C=O) groups excluding carboxylic acids is 1. The van der Waals surface area contributed by atoms with Gasteiger partial charge in [0.15, 0.2) is 5.82 Å². The number of aromatic nitrogens is 5. The van der Waals surface area contributed by atoms with Gasteiger partial charge in [-0.3, -0.25) is 14.5 Å². The number of H-pyrrole nitrogens is 1. The highest BCUT2D eigenvalue weighted by Gasteiger charge is 2.36. The molecule has 1 aliphatic carbocycles. The van der Waals surface area contributed by atoms with Crippen molar-refractivity contribution in [2.45, 2.75) is 70.9 Å². The van der Waals surface area contributed by atoms with Crippen LogP contribution in [0.5, 0.6) is 0 Å². The summed E-state index contributed by atoms with van der Waals surface area (Å²) >= 11 is 0. The van der Waals surface area contributed by atoms with Gasteiger partial charge in [-0.15, -0.1) is 5.10 Å². The third kappa shape index (κ3) is 4.87. The molecule has 1 saturated carbocycles. The van der Waals surface area contributed by atoms with Gasteiger partial charge in [0.1, 0.15) is 6.04 Å². The van der Waals surface area contributed by atoms with Gasteiger partial charge in [0.05, 0.1) is 18.6 Å². The summed E-state index contributed by atoms with van der Waals surface area (Å²) in [4.78, 5) is 31.1. The Hall–Kier alpha value is -3.07. The quantitative estimate of drug-likeness (QED) is 0.539. The maximum atomic E-state index is 13.4. The number of hydrogen-bond acceptors (Lipinski definition) is 7. The summed E-state index contributed by atoms with van der Waals surface area (Å²) in [7, 11) is 0. The first-order valence-electron chi connectivity index (χ1n) is 12.9. The number of fused-ring (bicyclic) bond motifs is 1. The monoisotopic (exact) mass is 478 g/mol. The van der Waals surface area contributed by atoms with Crippen molar-refractivity contribution in [3.05, 3.63) is 51.6 Å². The molecule has 2 aromatic heterocycles. The third-order valence-corrected chi connectivity index (χ3v) is 7.52. The first-order chi connectivity index (χ1) is 17.0. The van der Waals surface area contributed by atoms with Gasteiger partial charge < -0.3 is 9.72 Å². The highest BCUT2D eigenvalue weighted by Crippen LogP contribution is 2.35.